The van der Waals surface area contributed by atoms with E-state index in [4.69, 9.17) is 4.74 Å². The van der Waals surface area contributed by atoms with Gasteiger partial charge in [-0.3, -0.25) is 4.79 Å². The Morgan fingerprint density at radius 2 is 1.85 bits per heavy atom. The smallest absolute Gasteiger partial charge is 0.748 e. The molecule has 20 heavy (non-hydrogen) atoms. The van der Waals surface area contributed by atoms with Crippen molar-refractivity contribution in [2.45, 2.75) is 6.42 Å². The molecular weight excluding hydrogens is 636 g/mol. The third-order valence-corrected chi connectivity index (χ3v) is 5.62. The number of carbonyl (C=O) groups excluding carboxylic acids is 1. The molecule has 0 aliphatic carbocycles. The van der Waals surface area contributed by atoms with Crippen LogP contribution in [0, 0.1) is 10.7 Å². The van der Waals surface area contributed by atoms with Gasteiger partial charge in [-0.1, -0.05) is 0 Å². The van der Waals surface area contributed by atoms with Crippen molar-refractivity contribution in [3.05, 3.63) is 22.3 Å². The SMILES string of the molecule is O=Cc1c(I)cc(I)c(OCCCS(=O)(=O)[O-])c1I.[Na+]. The van der Waals surface area contributed by atoms with E-state index in [0.717, 1.165) is 13.4 Å². The van der Waals surface area contributed by atoms with E-state index >= 15 is 0 Å². The quantitative estimate of drug-likeness (QED) is 0.139. The van der Waals surface area contributed by atoms with Crippen LogP contribution in [0.4, 0.5) is 0 Å². The van der Waals surface area contributed by atoms with Gasteiger partial charge in [-0.25, -0.2) is 8.42 Å². The Kier molecular flexibility index (Phi) is 10.7. The van der Waals surface area contributed by atoms with Crippen LogP contribution in [0.1, 0.15) is 16.8 Å². The fourth-order valence-electron chi connectivity index (χ4n) is 1.24. The van der Waals surface area contributed by atoms with Crippen LogP contribution < -0.4 is 34.3 Å². The van der Waals surface area contributed by atoms with Gasteiger partial charge >= 0.3 is 29.6 Å². The van der Waals surface area contributed by atoms with Crippen LogP contribution in [0.5, 0.6) is 5.75 Å². The van der Waals surface area contributed by atoms with Crippen LogP contribution in [0.25, 0.3) is 0 Å². The first kappa shape index (κ1) is 21.8. The van der Waals surface area contributed by atoms with E-state index in [1.165, 1.54) is 0 Å². The van der Waals surface area contributed by atoms with Gasteiger partial charge < -0.3 is 9.29 Å². The van der Waals surface area contributed by atoms with Crippen molar-refractivity contribution in [1.82, 2.24) is 0 Å². The second kappa shape index (κ2) is 9.82. The molecular formula is C10H8I3NaO5S. The van der Waals surface area contributed by atoms with Crippen molar-refractivity contribution in [3.8, 4) is 5.75 Å². The van der Waals surface area contributed by atoms with Gasteiger partial charge in [-0.2, -0.15) is 0 Å². The molecule has 5 nitrogen and oxygen atoms in total. The second-order valence-corrected chi connectivity index (χ2v) is 8.41. The Morgan fingerprint density at radius 1 is 1.25 bits per heavy atom. The average Bonchev–Trinajstić information content (AvgIpc) is 2.26. The Hall–Kier alpha value is 1.79. The molecule has 0 fully saturated rings. The van der Waals surface area contributed by atoms with Crippen LogP contribution in [0.2, 0.25) is 0 Å². The molecule has 0 unspecified atom stereocenters. The molecule has 0 saturated heterocycles. The number of halogens is 3. The van der Waals surface area contributed by atoms with Crippen molar-refractivity contribution in [2.75, 3.05) is 12.4 Å². The molecule has 0 spiro atoms. The molecule has 0 heterocycles. The van der Waals surface area contributed by atoms with Crippen molar-refractivity contribution in [2.24, 2.45) is 0 Å². The predicted molar refractivity (Wildman–Crippen MR) is 94.7 cm³/mol. The molecule has 106 valence electrons. The average molecular weight is 644 g/mol. The van der Waals surface area contributed by atoms with Gasteiger partial charge in [0.15, 0.2) is 6.29 Å². The first-order chi connectivity index (χ1) is 8.76. The first-order valence-electron chi connectivity index (χ1n) is 4.95. The fourth-order valence-corrected chi connectivity index (χ4v) is 5.65. The van der Waals surface area contributed by atoms with Gasteiger partial charge in [-0.05, 0) is 80.3 Å². The van der Waals surface area contributed by atoms with E-state index in [0.29, 0.717) is 14.9 Å². The number of benzene rings is 1. The van der Waals surface area contributed by atoms with E-state index in [1.807, 2.05) is 28.7 Å². The first-order valence-corrected chi connectivity index (χ1v) is 9.76. The zero-order chi connectivity index (χ0) is 14.6. The maximum Gasteiger partial charge on any atom is 1.00 e. The van der Waals surface area contributed by atoms with E-state index in [2.05, 4.69) is 45.2 Å². The van der Waals surface area contributed by atoms with E-state index in [1.54, 1.807) is 0 Å². The van der Waals surface area contributed by atoms with Crippen LogP contribution >= 0.6 is 67.8 Å². The van der Waals surface area contributed by atoms with Crippen molar-refractivity contribution in [3.63, 3.8) is 0 Å². The Balaban J connectivity index is 0.00000361. The zero-order valence-electron chi connectivity index (χ0n) is 10.4. The molecule has 10 heteroatoms. The zero-order valence-corrected chi connectivity index (χ0v) is 19.6. The Morgan fingerprint density at radius 3 is 2.35 bits per heavy atom. The van der Waals surface area contributed by atoms with Crippen molar-refractivity contribution >= 4 is 84.2 Å². The topological polar surface area (TPSA) is 83.5 Å². The molecule has 1 rings (SSSR count). The molecule has 0 aliphatic rings. The molecule has 1 aromatic rings. The summed E-state index contributed by atoms with van der Waals surface area (Å²) in [6, 6.07) is 1.81. The van der Waals surface area contributed by atoms with Gasteiger partial charge in [0.1, 0.15) is 5.75 Å². The minimum atomic E-state index is -4.21. The van der Waals surface area contributed by atoms with Gasteiger partial charge in [-0.15, -0.1) is 0 Å². The second-order valence-electron chi connectivity index (χ2n) is 3.48. The number of aldehydes is 1. The number of hydrogen-bond acceptors (Lipinski definition) is 5. The summed E-state index contributed by atoms with van der Waals surface area (Å²) < 4.78 is 39.2. The summed E-state index contributed by atoms with van der Waals surface area (Å²) in [6.07, 6.45) is 0.884. The van der Waals surface area contributed by atoms with Gasteiger partial charge in [0.2, 0.25) is 0 Å². The summed E-state index contributed by atoms with van der Waals surface area (Å²) in [5, 5.41) is 0. The summed E-state index contributed by atoms with van der Waals surface area (Å²) in [6.45, 7) is 0.117. The summed E-state index contributed by atoms with van der Waals surface area (Å²) in [5.41, 5.74) is 0.549. The van der Waals surface area contributed by atoms with Crippen molar-refractivity contribution in [1.29, 1.82) is 0 Å². The van der Waals surface area contributed by atoms with Crippen LogP contribution in [0.15, 0.2) is 6.07 Å². The third-order valence-electron chi connectivity index (χ3n) is 2.07. The number of rotatable bonds is 6. The summed E-state index contributed by atoms with van der Waals surface area (Å²) in [4.78, 5) is 11.0. The van der Waals surface area contributed by atoms with Gasteiger partial charge in [0.25, 0.3) is 0 Å². The summed E-state index contributed by atoms with van der Waals surface area (Å²) in [5.74, 6) is 0.0949. The normalized spacial score (nSPS) is 10.8. The standard InChI is InChI=1S/C10H9I3O5S.Na/c11-7-4-8(12)10(9(13)6(7)5-14)18-2-1-3-19(15,16)17;/h4-5H,1-3H2,(H,15,16,17);/q;+1/p-1. The molecule has 0 aliphatic heterocycles. The van der Waals surface area contributed by atoms with Crippen LogP contribution in [-0.4, -0.2) is 31.6 Å². The van der Waals surface area contributed by atoms with E-state index in [-0.39, 0.29) is 42.6 Å². The molecule has 0 bridgehead atoms. The maximum absolute atomic E-state index is 11.0. The molecule has 0 radical (unpaired) electrons. The van der Waals surface area contributed by atoms with E-state index < -0.39 is 15.9 Å². The van der Waals surface area contributed by atoms with Crippen LogP contribution in [0.3, 0.4) is 0 Å². The monoisotopic (exact) mass is 644 g/mol. The fraction of sp³-hybridized carbons (Fsp3) is 0.300. The minimum absolute atomic E-state index is 0. The number of carbonyl (C=O) groups is 1. The molecule has 1 aromatic carbocycles. The Labute approximate surface area is 180 Å². The van der Waals surface area contributed by atoms with Crippen LogP contribution in [-0.2, 0) is 10.1 Å². The summed E-state index contributed by atoms with van der Waals surface area (Å²) in [7, 11) is -4.21. The third kappa shape index (κ3) is 6.91. The van der Waals surface area contributed by atoms with E-state index in [9.17, 15) is 17.8 Å². The molecule has 0 N–H and O–H groups in total. The number of hydrogen-bond donors (Lipinski definition) is 0. The molecule has 0 saturated carbocycles. The number of ether oxygens (including phenoxy) is 1. The molecule has 0 atom stereocenters. The largest absolute Gasteiger partial charge is 1.00 e. The molecule has 0 amide bonds. The summed E-state index contributed by atoms with van der Waals surface area (Å²) >= 11 is 6.16. The van der Waals surface area contributed by atoms with Crippen molar-refractivity contribution < 1.29 is 52.1 Å². The molecule has 0 aromatic heterocycles. The van der Waals surface area contributed by atoms with Gasteiger partial charge in [0, 0.05) is 14.9 Å². The Bertz CT molecular complexity index is 591. The predicted octanol–water partition coefficient (Wildman–Crippen LogP) is -0.369. The maximum atomic E-state index is 11.0. The minimum Gasteiger partial charge on any atom is -0.748 e. The van der Waals surface area contributed by atoms with Gasteiger partial charge in [0.05, 0.1) is 23.9 Å².